The van der Waals surface area contributed by atoms with Crippen molar-refractivity contribution in [3.63, 3.8) is 0 Å². The van der Waals surface area contributed by atoms with E-state index >= 15 is 0 Å². The molecule has 1 atom stereocenters. The molecule has 0 aromatic heterocycles. The van der Waals surface area contributed by atoms with E-state index in [1.807, 2.05) is 0 Å². The number of para-hydroxylation sites is 1. The molecule has 2 N–H and O–H groups in total. The van der Waals surface area contributed by atoms with E-state index in [-0.39, 0.29) is 11.5 Å². The van der Waals surface area contributed by atoms with Gasteiger partial charge in [-0.3, -0.25) is 4.84 Å². The van der Waals surface area contributed by atoms with Crippen LogP contribution in [0.3, 0.4) is 0 Å². The first-order valence-electron chi connectivity index (χ1n) is 6.22. The first kappa shape index (κ1) is 12.4. The number of nitrogens with two attached hydrogens (primary N) is 1. The molecule has 0 spiro atoms. The molecule has 17 heavy (non-hydrogen) atoms. The average Bonchev–Trinajstić information content (AvgIpc) is 2.76. The maximum Gasteiger partial charge on any atom is 0.0978 e. The Morgan fingerprint density at radius 1 is 1.29 bits per heavy atom. The van der Waals surface area contributed by atoms with Gasteiger partial charge in [0, 0.05) is 18.8 Å². The first-order chi connectivity index (χ1) is 8.02. The zero-order valence-corrected chi connectivity index (χ0v) is 10.9. The van der Waals surface area contributed by atoms with Crippen molar-refractivity contribution in [3.8, 4) is 0 Å². The Bertz CT molecular complexity index is 384. The van der Waals surface area contributed by atoms with Crippen molar-refractivity contribution in [2.24, 2.45) is 5.90 Å². The molecule has 1 aliphatic heterocycles. The van der Waals surface area contributed by atoms with E-state index < -0.39 is 0 Å². The highest BCUT2D eigenvalue weighted by atomic mass is 16.6. The maximum absolute atomic E-state index is 5.27. The lowest BCUT2D eigenvalue weighted by atomic mass is 9.85. The van der Waals surface area contributed by atoms with Gasteiger partial charge in [0.05, 0.1) is 6.10 Å². The number of nitrogens with zero attached hydrogens (tertiary/aromatic N) is 1. The molecule has 2 rings (SSSR count). The minimum atomic E-state index is 0.165. The molecule has 1 aromatic rings. The number of anilines is 1. The molecule has 1 saturated heterocycles. The molecule has 3 heteroatoms. The molecule has 0 bridgehead atoms. The van der Waals surface area contributed by atoms with Gasteiger partial charge in [-0.15, -0.1) is 0 Å². The summed E-state index contributed by atoms with van der Waals surface area (Å²) in [5.41, 5.74) is 2.87. The normalized spacial score (nSPS) is 20.9. The summed E-state index contributed by atoms with van der Waals surface area (Å²) in [4.78, 5) is 7.32. The van der Waals surface area contributed by atoms with E-state index in [1.165, 1.54) is 11.3 Å². The molecule has 0 aliphatic carbocycles. The lowest BCUT2D eigenvalue weighted by Gasteiger charge is -2.28. The number of benzene rings is 1. The SMILES string of the molecule is CC(C)(C)c1ccccc1N1CCC(ON)C1. The van der Waals surface area contributed by atoms with Crippen molar-refractivity contribution < 1.29 is 4.84 Å². The molecule has 1 aliphatic rings. The van der Waals surface area contributed by atoms with E-state index in [1.54, 1.807) is 0 Å². The van der Waals surface area contributed by atoms with Gasteiger partial charge in [-0.25, -0.2) is 5.90 Å². The van der Waals surface area contributed by atoms with Crippen molar-refractivity contribution in [2.45, 2.75) is 38.7 Å². The quantitative estimate of drug-likeness (QED) is 0.799. The number of hydrogen-bond acceptors (Lipinski definition) is 3. The van der Waals surface area contributed by atoms with E-state index in [0.717, 1.165) is 19.5 Å². The largest absolute Gasteiger partial charge is 0.369 e. The molecule has 0 saturated carbocycles. The summed E-state index contributed by atoms with van der Waals surface area (Å²) >= 11 is 0. The van der Waals surface area contributed by atoms with Crippen LogP contribution in [0.15, 0.2) is 24.3 Å². The van der Waals surface area contributed by atoms with Gasteiger partial charge in [0.25, 0.3) is 0 Å². The Morgan fingerprint density at radius 2 is 2.00 bits per heavy atom. The highest BCUT2D eigenvalue weighted by Crippen LogP contribution is 2.33. The third kappa shape index (κ3) is 2.61. The molecule has 1 heterocycles. The summed E-state index contributed by atoms with van der Waals surface area (Å²) in [6.45, 7) is 8.66. The fourth-order valence-corrected chi connectivity index (χ4v) is 2.44. The Morgan fingerprint density at radius 3 is 2.59 bits per heavy atom. The predicted molar refractivity (Wildman–Crippen MR) is 71.0 cm³/mol. The number of hydrogen-bond donors (Lipinski definition) is 1. The molecule has 0 radical (unpaired) electrons. The first-order valence-corrected chi connectivity index (χ1v) is 6.22. The lowest BCUT2D eigenvalue weighted by Crippen LogP contribution is -2.27. The van der Waals surface area contributed by atoms with Crippen molar-refractivity contribution in [3.05, 3.63) is 29.8 Å². The lowest BCUT2D eigenvalue weighted by molar-refractivity contribution is 0.0690. The van der Waals surface area contributed by atoms with Crippen LogP contribution in [0, 0.1) is 0 Å². The molecule has 1 fully saturated rings. The fourth-order valence-electron chi connectivity index (χ4n) is 2.44. The van der Waals surface area contributed by atoms with Crippen LogP contribution < -0.4 is 10.8 Å². The van der Waals surface area contributed by atoms with E-state index in [2.05, 4.69) is 49.9 Å². The maximum atomic E-state index is 5.27. The Labute approximate surface area is 104 Å². The Kier molecular flexibility index (Phi) is 3.40. The second kappa shape index (κ2) is 4.67. The molecular formula is C14H22N2O. The summed E-state index contributed by atoms with van der Waals surface area (Å²) in [7, 11) is 0. The second-order valence-electron chi connectivity index (χ2n) is 5.76. The van der Waals surface area contributed by atoms with Crippen LogP contribution in [-0.2, 0) is 10.3 Å². The van der Waals surface area contributed by atoms with Crippen LogP contribution in [0.1, 0.15) is 32.8 Å². The summed E-state index contributed by atoms with van der Waals surface area (Å²) in [6, 6.07) is 8.61. The van der Waals surface area contributed by atoms with E-state index in [9.17, 15) is 0 Å². The minimum absolute atomic E-state index is 0.165. The second-order valence-corrected chi connectivity index (χ2v) is 5.76. The van der Waals surface area contributed by atoms with Crippen molar-refractivity contribution in [1.82, 2.24) is 0 Å². The summed E-state index contributed by atoms with van der Waals surface area (Å²) in [5, 5.41) is 0. The smallest absolute Gasteiger partial charge is 0.0978 e. The van der Waals surface area contributed by atoms with Crippen LogP contribution in [0.2, 0.25) is 0 Å². The van der Waals surface area contributed by atoms with Gasteiger partial charge in [0.2, 0.25) is 0 Å². The standard InChI is InChI=1S/C14H22N2O/c1-14(2,3)12-6-4-5-7-13(12)16-9-8-11(10-16)17-15/h4-7,11H,8-10,15H2,1-3H3. The van der Waals surface area contributed by atoms with Gasteiger partial charge in [-0.1, -0.05) is 39.0 Å². The summed E-state index contributed by atoms with van der Waals surface area (Å²) < 4.78 is 0. The fraction of sp³-hybridized carbons (Fsp3) is 0.571. The Balaban J connectivity index is 2.27. The molecular weight excluding hydrogens is 212 g/mol. The van der Waals surface area contributed by atoms with Crippen molar-refractivity contribution in [1.29, 1.82) is 0 Å². The van der Waals surface area contributed by atoms with Crippen molar-refractivity contribution >= 4 is 5.69 Å². The van der Waals surface area contributed by atoms with Crippen molar-refractivity contribution in [2.75, 3.05) is 18.0 Å². The average molecular weight is 234 g/mol. The molecule has 94 valence electrons. The van der Waals surface area contributed by atoms with Gasteiger partial charge >= 0.3 is 0 Å². The van der Waals surface area contributed by atoms with Crippen LogP contribution >= 0.6 is 0 Å². The topological polar surface area (TPSA) is 38.5 Å². The monoisotopic (exact) mass is 234 g/mol. The van der Waals surface area contributed by atoms with E-state index in [0.29, 0.717) is 0 Å². The van der Waals surface area contributed by atoms with Crippen LogP contribution in [-0.4, -0.2) is 19.2 Å². The third-order valence-electron chi connectivity index (χ3n) is 3.39. The van der Waals surface area contributed by atoms with Gasteiger partial charge in [-0.05, 0) is 23.5 Å². The molecule has 1 unspecified atom stereocenters. The predicted octanol–water partition coefficient (Wildman–Crippen LogP) is 2.45. The van der Waals surface area contributed by atoms with Gasteiger partial charge < -0.3 is 4.90 Å². The minimum Gasteiger partial charge on any atom is -0.369 e. The summed E-state index contributed by atoms with van der Waals surface area (Å²) in [6.07, 6.45) is 1.18. The summed E-state index contributed by atoms with van der Waals surface area (Å²) in [5.74, 6) is 5.27. The van der Waals surface area contributed by atoms with Gasteiger partial charge in [-0.2, -0.15) is 0 Å². The van der Waals surface area contributed by atoms with Crippen LogP contribution in [0.25, 0.3) is 0 Å². The van der Waals surface area contributed by atoms with E-state index in [4.69, 9.17) is 10.7 Å². The number of rotatable bonds is 2. The van der Waals surface area contributed by atoms with Gasteiger partial charge in [0.15, 0.2) is 0 Å². The molecule has 3 nitrogen and oxygen atoms in total. The van der Waals surface area contributed by atoms with Crippen LogP contribution in [0.5, 0.6) is 0 Å². The zero-order chi connectivity index (χ0) is 12.5. The van der Waals surface area contributed by atoms with Gasteiger partial charge in [0.1, 0.15) is 0 Å². The Hall–Kier alpha value is -1.06. The highest BCUT2D eigenvalue weighted by molar-refractivity contribution is 5.57. The molecule has 0 amide bonds. The van der Waals surface area contributed by atoms with Crippen LogP contribution in [0.4, 0.5) is 5.69 Å². The zero-order valence-electron chi connectivity index (χ0n) is 10.9. The third-order valence-corrected chi connectivity index (χ3v) is 3.39. The highest BCUT2D eigenvalue weighted by Gasteiger charge is 2.27. The molecule has 1 aromatic carbocycles.